The van der Waals surface area contributed by atoms with Crippen LogP contribution in [0.2, 0.25) is 0 Å². The van der Waals surface area contributed by atoms with Crippen LogP contribution in [0.5, 0.6) is 0 Å². The zero-order chi connectivity index (χ0) is 18.6. The maximum absolute atomic E-state index is 12.7. The van der Waals surface area contributed by atoms with Crippen molar-refractivity contribution >= 4 is 11.8 Å². The molecule has 2 aliphatic carbocycles. The Hall–Kier alpha value is -1.16. The van der Waals surface area contributed by atoms with Crippen LogP contribution in [-0.2, 0) is 14.3 Å². The van der Waals surface area contributed by atoms with Gasteiger partial charge in [0.05, 0.1) is 31.5 Å². The van der Waals surface area contributed by atoms with E-state index in [9.17, 15) is 9.59 Å². The number of carbonyl (C=O) groups excluding carboxylic acids is 2. The summed E-state index contributed by atoms with van der Waals surface area (Å²) in [5, 5.41) is 0. The second-order valence-corrected chi connectivity index (χ2v) is 9.94. The van der Waals surface area contributed by atoms with Crippen molar-refractivity contribution in [1.29, 1.82) is 0 Å². The van der Waals surface area contributed by atoms with Crippen molar-refractivity contribution in [3.63, 3.8) is 0 Å². The van der Waals surface area contributed by atoms with Gasteiger partial charge in [-0.1, -0.05) is 26.0 Å². The first kappa shape index (κ1) is 18.2. The molecule has 1 unspecified atom stereocenters. The van der Waals surface area contributed by atoms with E-state index in [2.05, 4.69) is 20.4 Å². The Morgan fingerprint density at radius 3 is 2.85 bits per heavy atom. The third kappa shape index (κ3) is 2.94. The molecule has 2 heterocycles. The van der Waals surface area contributed by atoms with E-state index in [1.54, 1.807) is 0 Å². The molecular formula is C22H34NO3+. The van der Waals surface area contributed by atoms with Gasteiger partial charge < -0.3 is 9.64 Å². The molecule has 1 N–H and O–H groups in total. The standard InChI is InChI=1S/C22H33NO3/c1-13-6-5-7-22(4)10-20-16(9-18(13)22)17(21(25)26-20)12-23-11-14(2)19(24)8-15(23)3/h14-18,20H,1,5-12H2,2-4H3/p+1/t14-,15-,16+,17+,18-,20+,22+/m0/s1. The third-order valence-electron chi connectivity index (χ3n) is 8.12. The van der Waals surface area contributed by atoms with E-state index in [-0.39, 0.29) is 29.3 Å². The van der Waals surface area contributed by atoms with Crippen LogP contribution in [-0.4, -0.2) is 37.0 Å². The van der Waals surface area contributed by atoms with E-state index in [0.717, 1.165) is 32.4 Å². The highest BCUT2D eigenvalue weighted by molar-refractivity contribution is 5.81. The first-order chi connectivity index (χ1) is 12.3. The summed E-state index contributed by atoms with van der Waals surface area (Å²) in [6, 6.07) is 0.309. The van der Waals surface area contributed by atoms with Crippen molar-refractivity contribution in [2.75, 3.05) is 13.1 Å². The van der Waals surface area contributed by atoms with Gasteiger partial charge in [-0.15, -0.1) is 0 Å². The molecule has 0 amide bonds. The summed E-state index contributed by atoms with van der Waals surface area (Å²) in [4.78, 5) is 26.1. The number of Topliss-reactive ketones (excluding diaryl/α,β-unsaturated/α-hetero) is 1. The Kier molecular flexibility index (Phi) is 4.53. The molecule has 144 valence electrons. The second kappa shape index (κ2) is 6.47. The lowest BCUT2D eigenvalue weighted by Gasteiger charge is -2.50. The zero-order valence-corrected chi connectivity index (χ0v) is 16.6. The Labute approximate surface area is 157 Å². The number of allylic oxidation sites excluding steroid dienone is 1. The molecule has 2 saturated heterocycles. The largest absolute Gasteiger partial charge is 0.462 e. The van der Waals surface area contributed by atoms with Gasteiger partial charge in [-0.2, -0.15) is 0 Å². The normalized spacial score (nSPS) is 48.7. The van der Waals surface area contributed by atoms with E-state index in [4.69, 9.17) is 4.74 Å². The number of quaternary nitrogens is 1. The maximum atomic E-state index is 12.7. The lowest BCUT2D eigenvalue weighted by molar-refractivity contribution is -0.930. The fourth-order valence-corrected chi connectivity index (χ4v) is 6.41. The summed E-state index contributed by atoms with van der Waals surface area (Å²) in [5.74, 6) is 1.38. The summed E-state index contributed by atoms with van der Waals surface area (Å²) < 4.78 is 5.90. The average Bonchev–Trinajstić information content (AvgIpc) is 2.85. The minimum atomic E-state index is -0.00266. The molecule has 2 aliphatic heterocycles. The van der Waals surface area contributed by atoms with Gasteiger partial charge in [0, 0.05) is 5.92 Å². The minimum absolute atomic E-state index is 0.00266. The van der Waals surface area contributed by atoms with Crippen LogP contribution in [0, 0.1) is 29.1 Å². The number of hydrogen-bond acceptors (Lipinski definition) is 3. The molecule has 0 aromatic heterocycles. The number of ketones is 1. The molecule has 0 radical (unpaired) electrons. The fraction of sp³-hybridized carbons (Fsp3) is 0.818. The Bertz CT molecular complexity index is 629. The van der Waals surface area contributed by atoms with Crippen LogP contribution in [0.1, 0.15) is 59.3 Å². The Morgan fingerprint density at radius 1 is 1.31 bits per heavy atom. The number of ether oxygens (including phenoxy) is 1. The van der Waals surface area contributed by atoms with Crippen LogP contribution in [0.25, 0.3) is 0 Å². The lowest BCUT2D eigenvalue weighted by atomic mass is 9.55. The van der Waals surface area contributed by atoms with Crippen LogP contribution >= 0.6 is 0 Å². The van der Waals surface area contributed by atoms with Gasteiger partial charge in [-0.3, -0.25) is 9.59 Å². The molecule has 0 spiro atoms. The minimum Gasteiger partial charge on any atom is -0.462 e. The van der Waals surface area contributed by atoms with Crippen molar-refractivity contribution in [2.45, 2.75) is 71.4 Å². The number of rotatable bonds is 2. The molecule has 0 bridgehead atoms. The van der Waals surface area contributed by atoms with Crippen molar-refractivity contribution in [3.8, 4) is 0 Å². The predicted octanol–water partition coefficient (Wildman–Crippen LogP) is 2.18. The van der Waals surface area contributed by atoms with E-state index >= 15 is 0 Å². The van der Waals surface area contributed by atoms with Gasteiger partial charge in [0.15, 0.2) is 0 Å². The van der Waals surface area contributed by atoms with Gasteiger partial charge in [0.2, 0.25) is 0 Å². The summed E-state index contributed by atoms with van der Waals surface area (Å²) in [5.41, 5.74) is 1.66. The molecule has 8 atom stereocenters. The van der Waals surface area contributed by atoms with Crippen molar-refractivity contribution in [1.82, 2.24) is 0 Å². The number of hydrogen-bond donors (Lipinski definition) is 1. The summed E-state index contributed by atoms with van der Waals surface area (Å²) >= 11 is 0. The van der Waals surface area contributed by atoms with Gasteiger partial charge in [-0.25, -0.2) is 0 Å². The first-order valence-electron chi connectivity index (χ1n) is 10.5. The molecule has 4 rings (SSSR count). The van der Waals surface area contributed by atoms with Gasteiger partial charge in [-0.05, 0) is 50.4 Å². The van der Waals surface area contributed by atoms with Gasteiger partial charge in [0.1, 0.15) is 17.8 Å². The smallest absolute Gasteiger partial charge is 0.315 e. The molecular weight excluding hydrogens is 326 g/mol. The van der Waals surface area contributed by atoms with Crippen LogP contribution in [0.4, 0.5) is 0 Å². The quantitative estimate of drug-likeness (QED) is 0.607. The second-order valence-electron chi connectivity index (χ2n) is 9.94. The van der Waals surface area contributed by atoms with Gasteiger partial charge in [0.25, 0.3) is 0 Å². The summed E-state index contributed by atoms with van der Waals surface area (Å²) in [7, 11) is 0. The molecule has 4 heteroatoms. The third-order valence-corrected chi connectivity index (χ3v) is 8.12. The molecule has 4 aliphatic rings. The van der Waals surface area contributed by atoms with Crippen LogP contribution in [0.3, 0.4) is 0 Å². The number of carbonyl (C=O) groups is 2. The van der Waals surface area contributed by atoms with Crippen LogP contribution in [0.15, 0.2) is 12.2 Å². The highest BCUT2D eigenvalue weighted by Crippen LogP contribution is 2.56. The first-order valence-corrected chi connectivity index (χ1v) is 10.5. The van der Waals surface area contributed by atoms with Gasteiger partial charge >= 0.3 is 5.97 Å². The average molecular weight is 361 g/mol. The number of fused-ring (bicyclic) bond motifs is 2. The van der Waals surface area contributed by atoms with Crippen molar-refractivity contribution < 1.29 is 19.2 Å². The predicted molar refractivity (Wildman–Crippen MR) is 99.6 cm³/mol. The highest BCUT2D eigenvalue weighted by Gasteiger charge is 2.56. The molecule has 2 saturated carbocycles. The lowest BCUT2D eigenvalue weighted by Crippen LogP contribution is -3.18. The summed E-state index contributed by atoms with van der Waals surface area (Å²) in [6.07, 6.45) is 6.40. The van der Waals surface area contributed by atoms with Crippen molar-refractivity contribution in [3.05, 3.63) is 12.2 Å². The number of esters is 1. The summed E-state index contributed by atoms with van der Waals surface area (Å²) in [6.45, 7) is 12.6. The highest BCUT2D eigenvalue weighted by atomic mass is 16.6. The molecule has 4 nitrogen and oxygen atoms in total. The topological polar surface area (TPSA) is 47.8 Å². The number of likely N-dealkylation sites (tertiary alicyclic amines) is 1. The van der Waals surface area contributed by atoms with Crippen molar-refractivity contribution in [2.24, 2.45) is 29.1 Å². The van der Waals surface area contributed by atoms with E-state index in [1.807, 2.05) is 6.92 Å². The van der Waals surface area contributed by atoms with Crippen LogP contribution < -0.4 is 4.90 Å². The zero-order valence-electron chi connectivity index (χ0n) is 16.6. The molecule has 0 aromatic rings. The molecule has 4 fully saturated rings. The van der Waals surface area contributed by atoms with E-state index in [0.29, 0.717) is 30.1 Å². The fourth-order valence-electron chi connectivity index (χ4n) is 6.41. The monoisotopic (exact) mass is 360 g/mol. The van der Waals surface area contributed by atoms with E-state index in [1.165, 1.54) is 23.3 Å². The SMILES string of the molecule is C=C1CCC[C@]2(C)C[C@H]3OC(=O)[C@H](C[NH+]4C[C@H](C)C(=O)C[C@@H]4C)[C@H]3C[C@@H]12. The number of nitrogens with one attached hydrogen (secondary N) is 1. The van der Waals surface area contributed by atoms with E-state index < -0.39 is 0 Å². The Balaban J connectivity index is 1.51. The Morgan fingerprint density at radius 2 is 2.08 bits per heavy atom. The number of piperidine rings is 1. The maximum Gasteiger partial charge on any atom is 0.315 e. The molecule has 26 heavy (non-hydrogen) atoms. The molecule has 0 aromatic carbocycles.